The second-order valence-corrected chi connectivity index (χ2v) is 9.50. The summed E-state index contributed by atoms with van der Waals surface area (Å²) >= 11 is 0. The van der Waals surface area contributed by atoms with Crippen molar-refractivity contribution < 1.29 is 19.4 Å². The number of rotatable bonds is 8. The highest BCUT2D eigenvalue weighted by Crippen LogP contribution is 2.28. The molecule has 8 heteroatoms. The second kappa shape index (κ2) is 12.0. The number of carbonyl (C=O) groups is 2. The quantitative estimate of drug-likeness (QED) is 0.625. The molecule has 0 aliphatic carbocycles. The molecule has 0 unspecified atom stereocenters. The Labute approximate surface area is 207 Å². The molecule has 1 aromatic carbocycles. The molecule has 1 aliphatic rings. The van der Waals surface area contributed by atoms with Crippen LogP contribution in [0.25, 0.3) is 12.2 Å². The minimum absolute atomic E-state index is 0.0147. The van der Waals surface area contributed by atoms with Crippen LogP contribution in [0.15, 0.2) is 42.6 Å². The topological polar surface area (TPSA) is 86.2 Å². The number of nitrogens with zero attached hydrogens (tertiary/aromatic N) is 4. The fourth-order valence-corrected chi connectivity index (χ4v) is 3.95. The Kier molecular flexibility index (Phi) is 9.01. The third-order valence-corrected chi connectivity index (χ3v) is 6.14. The van der Waals surface area contributed by atoms with Crippen molar-refractivity contribution in [1.29, 1.82) is 0 Å². The summed E-state index contributed by atoms with van der Waals surface area (Å²) in [5.41, 5.74) is 2.15. The van der Waals surface area contributed by atoms with Crippen LogP contribution in [0, 0.1) is 5.92 Å². The second-order valence-electron chi connectivity index (χ2n) is 9.50. The van der Waals surface area contributed by atoms with E-state index in [1.807, 2.05) is 75.3 Å². The van der Waals surface area contributed by atoms with Gasteiger partial charge in [-0.2, -0.15) is 0 Å². The molecule has 0 bridgehead atoms. The number of carbonyl (C=O) groups excluding carboxylic acids is 2. The van der Waals surface area contributed by atoms with Crippen LogP contribution in [0.2, 0.25) is 0 Å². The highest BCUT2D eigenvalue weighted by Gasteiger charge is 2.34. The zero-order valence-corrected chi connectivity index (χ0v) is 21.2. The summed E-state index contributed by atoms with van der Waals surface area (Å²) in [7, 11) is 5.46. The van der Waals surface area contributed by atoms with Crippen molar-refractivity contribution in [1.82, 2.24) is 19.7 Å². The maximum absolute atomic E-state index is 13.5. The lowest BCUT2D eigenvalue weighted by Crippen LogP contribution is -2.51. The van der Waals surface area contributed by atoms with Gasteiger partial charge in [0.25, 0.3) is 5.91 Å². The first-order valence-corrected chi connectivity index (χ1v) is 11.9. The predicted molar refractivity (Wildman–Crippen MR) is 137 cm³/mol. The zero-order valence-electron chi connectivity index (χ0n) is 21.2. The number of hydrogen-bond donors (Lipinski definition) is 1. The fourth-order valence-electron chi connectivity index (χ4n) is 3.95. The summed E-state index contributed by atoms with van der Waals surface area (Å²) in [6.45, 7) is 4.71. The molecule has 0 spiro atoms. The molecule has 8 nitrogen and oxygen atoms in total. The zero-order chi connectivity index (χ0) is 25.5. The van der Waals surface area contributed by atoms with Crippen LogP contribution >= 0.6 is 0 Å². The summed E-state index contributed by atoms with van der Waals surface area (Å²) in [6, 6.07) is 11.3. The average molecular weight is 481 g/mol. The molecular formula is C27H36N4O4. The van der Waals surface area contributed by atoms with E-state index < -0.39 is 0 Å². The van der Waals surface area contributed by atoms with Gasteiger partial charge in [0.1, 0.15) is 11.7 Å². The Morgan fingerprint density at radius 2 is 1.91 bits per heavy atom. The van der Waals surface area contributed by atoms with Gasteiger partial charge in [0.05, 0.1) is 25.7 Å². The SMILES string of the molecule is C[C@H](CO)N1C[C@H](C)[C@H](CN(C)C(=O)CN(C)C)Oc2ncc(/C=C/c3ccccc3)cc2C1=O. The summed E-state index contributed by atoms with van der Waals surface area (Å²) in [6.07, 6.45) is 5.17. The highest BCUT2D eigenvalue weighted by molar-refractivity contribution is 5.97. The van der Waals surface area contributed by atoms with E-state index in [1.165, 1.54) is 0 Å². The molecule has 1 aliphatic heterocycles. The molecule has 0 fully saturated rings. The van der Waals surface area contributed by atoms with Crippen molar-refractivity contribution in [2.75, 3.05) is 47.4 Å². The van der Waals surface area contributed by atoms with Crippen LogP contribution < -0.4 is 4.74 Å². The van der Waals surface area contributed by atoms with Gasteiger partial charge >= 0.3 is 0 Å². The van der Waals surface area contributed by atoms with Gasteiger partial charge in [-0.25, -0.2) is 4.98 Å². The van der Waals surface area contributed by atoms with Crippen LogP contribution in [0.3, 0.4) is 0 Å². The van der Waals surface area contributed by atoms with Crippen molar-refractivity contribution in [3.8, 4) is 5.88 Å². The van der Waals surface area contributed by atoms with E-state index in [-0.39, 0.29) is 42.4 Å². The summed E-state index contributed by atoms with van der Waals surface area (Å²) in [5, 5.41) is 9.82. The van der Waals surface area contributed by atoms with Crippen molar-refractivity contribution >= 4 is 24.0 Å². The molecule has 2 amide bonds. The number of aromatic nitrogens is 1. The number of amides is 2. The van der Waals surface area contributed by atoms with Gasteiger partial charge in [-0.05, 0) is 38.2 Å². The Hall–Kier alpha value is -3.23. The molecule has 188 valence electrons. The van der Waals surface area contributed by atoms with Gasteiger partial charge < -0.3 is 24.5 Å². The van der Waals surface area contributed by atoms with E-state index >= 15 is 0 Å². The van der Waals surface area contributed by atoms with Gasteiger partial charge in [0.2, 0.25) is 11.8 Å². The lowest BCUT2D eigenvalue weighted by atomic mass is 9.99. The smallest absolute Gasteiger partial charge is 0.259 e. The number of aliphatic hydroxyl groups is 1. The van der Waals surface area contributed by atoms with E-state index in [1.54, 1.807) is 29.1 Å². The predicted octanol–water partition coefficient (Wildman–Crippen LogP) is 2.49. The molecule has 0 saturated heterocycles. The maximum atomic E-state index is 13.5. The molecular weight excluding hydrogens is 444 g/mol. The number of fused-ring (bicyclic) bond motifs is 1. The highest BCUT2D eigenvalue weighted by atomic mass is 16.5. The molecule has 1 aromatic heterocycles. The van der Waals surface area contributed by atoms with E-state index in [2.05, 4.69) is 4.98 Å². The third kappa shape index (κ3) is 6.90. The number of likely N-dealkylation sites (N-methyl/N-ethyl adjacent to an activating group) is 2. The van der Waals surface area contributed by atoms with E-state index in [4.69, 9.17) is 4.74 Å². The largest absolute Gasteiger partial charge is 0.472 e. The summed E-state index contributed by atoms with van der Waals surface area (Å²) in [5.74, 6) is -0.0902. The normalized spacial score (nSPS) is 19.2. The standard InChI is InChI=1S/C27H36N4O4/c1-19-15-31(20(2)18-32)27(34)23-13-22(12-11-21-9-7-6-8-10-21)14-28-26(23)35-24(19)16-30(5)25(33)17-29(3)4/h6-14,19-20,24,32H,15-18H2,1-5H3/b12-11+/t19-,20+,24-/m0/s1. The average Bonchev–Trinajstić information content (AvgIpc) is 2.84. The molecule has 0 radical (unpaired) electrons. The lowest BCUT2D eigenvalue weighted by Gasteiger charge is -2.37. The van der Waals surface area contributed by atoms with Gasteiger partial charge in [0.15, 0.2) is 0 Å². The van der Waals surface area contributed by atoms with Crippen molar-refractivity contribution in [3.63, 3.8) is 0 Å². The number of ether oxygens (including phenoxy) is 1. The first kappa shape index (κ1) is 26.4. The summed E-state index contributed by atoms with van der Waals surface area (Å²) < 4.78 is 6.27. The van der Waals surface area contributed by atoms with Gasteiger partial charge in [-0.3, -0.25) is 9.59 Å². The maximum Gasteiger partial charge on any atom is 0.259 e. The van der Waals surface area contributed by atoms with Crippen molar-refractivity contribution in [2.45, 2.75) is 26.0 Å². The van der Waals surface area contributed by atoms with Gasteiger partial charge in [-0.15, -0.1) is 0 Å². The molecule has 2 aromatic rings. The minimum Gasteiger partial charge on any atom is -0.472 e. The van der Waals surface area contributed by atoms with Crippen LogP contribution in [0.1, 0.15) is 35.3 Å². The lowest BCUT2D eigenvalue weighted by molar-refractivity contribution is -0.132. The molecule has 0 saturated carbocycles. The monoisotopic (exact) mass is 480 g/mol. The minimum atomic E-state index is -0.371. The van der Waals surface area contributed by atoms with Gasteiger partial charge in [0, 0.05) is 25.7 Å². The van der Waals surface area contributed by atoms with E-state index in [0.717, 1.165) is 11.1 Å². The van der Waals surface area contributed by atoms with Gasteiger partial charge in [-0.1, -0.05) is 49.4 Å². The number of pyridine rings is 1. The van der Waals surface area contributed by atoms with Crippen LogP contribution in [-0.2, 0) is 4.79 Å². The number of benzene rings is 1. The summed E-state index contributed by atoms with van der Waals surface area (Å²) in [4.78, 5) is 35.7. The third-order valence-electron chi connectivity index (χ3n) is 6.14. The first-order valence-electron chi connectivity index (χ1n) is 11.9. The Morgan fingerprint density at radius 3 is 2.57 bits per heavy atom. The van der Waals surface area contributed by atoms with Crippen LogP contribution in [0.5, 0.6) is 5.88 Å². The number of hydrogen-bond acceptors (Lipinski definition) is 6. The molecule has 3 atom stereocenters. The van der Waals surface area contributed by atoms with E-state index in [0.29, 0.717) is 25.2 Å². The molecule has 2 heterocycles. The van der Waals surface area contributed by atoms with Crippen molar-refractivity contribution in [3.05, 3.63) is 59.3 Å². The Balaban J connectivity index is 1.93. The molecule has 35 heavy (non-hydrogen) atoms. The fraction of sp³-hybridized carbons (Fsp3) is 0.444. The Bertz CT molecular complexity index is 1040. The van der Waals surface area contributed by atoms with Crippen LogP contribution in [-0.4, -0.2) is 96.1 Å². The molecule has 3 rings (SSSR count). The van der Waals surface area contributed by atoms with E-state index in [9.17, 15) is 14.7 Å². The number of aliphatic hydroxyl groups excluding tert-OH is 1. The Morgan fingerprint density at radius 1 is 1.23 bits per heavy atom. The van der Waals surface area contributed by atoms with Crippen molar-refractivity contribution in [2.24, 2.45) is 5.92 Å². The first-order chi connectivity index (χ1) is 16.7. The van der Waals surface area contributed by atoms with Crippen LogP contribution in [0.4, 0.5) is 0 Å². The molecule has 1 N–H and O–H groups in total.